The van der Waals surface area contributed by atoms with E-state index in [0.717, 1.165) is 5.56 Å². The lowest BCUT2D eigenvalue weighted by Crippen LogP contribution is -2.40. The largest absolute Gasteiger partial charge is 0.393 e. The highest BCUT2D eigenvalue weighted by Gasteiger charge is 2.16. The van der Waals surface area contributed by atoms with Gasteiger partial charge < -0.3 is 16.2 Å². The zero-order chi connectivity index (χ0) is 13.5. The van der Waals surface area contributed by atoms with E-state index in [9.17, 15) is 9.90 Å². The van der Waals surface area contributed by atoms with Gasteiger partial charge in [-0.1, -0.05) is 30.3 Å². The van der Waals surface area contributed by atoms with Crippen molar-refractivity contribution < 1.29 is 9.90 Å². The highest BCUT2D eigenvalue weighted by Crippen LogP contribution is 2.20. The van der Waals surface area contributed by atoms with Crippen molar-refractivity contribution in [1.29, 1.82) is 0 Å². The first kappa shape index (κ1) is 17.9. The summed E-state index contributed by atoms with van der Waals surface area (Å²) in [4.78, 5) is 11.5. The Balaban J connectivity index is 0.00000324. The standard InChI is InChI=1S/C14H22N2O2.ClH/c1-10(17)8-13(9-16-14(18)11(2)15)12-6-4-3-5-7-12;/h3-7,10-11,13,17H,8-9,15H2,1-2H3,(H,16,18);1H/t10?,11-,13?;/m0./s1. The monoisotopic (exact) mass is 286 g/mol. The Labute approximate surface area is 120 Å². The van der Waals surface area contributed by atoms with Gasteiger partial charge in [-0.05, 0) is 25.8 Å². The Morgan fingerprint density at radius 3 is 2.37 bits per heavy atom. The third kappa shape index (κ3) is 6.57. The number of hydrogen-bond donors (Lipinski definition) is 3. The Hall–Kier alpha value is -1.10. The highest BCUT2D eigenvalue weighted by atomic mass is 35.5. The van der Waals surface area contributed by atoms with E-state index in [-0.39, 0.29) is 24.2 Å². The molecular formula is C14H23ClN2O2. The molecule has 2 unspecified atom stereocenters. The molecule has 3 atom stereocenters. The number of aliphatic hydroxyl groups excluding tert-OH is 1. The van der Waals surface area contributed by atoms with Crippen LogP contribution < -0.4 is 11.1 Å². The number of benzene rings is 1. The van der Waals surface area contributed by atoms with Crippen LogP contribution in [-0.2, 0) is 4.79 Å². The lowest BCUT2D eigenvalue weighted by Gasteiger charge is -2.20. The van der Waals surface area contributed by atoms with E-state index >= 15 is 0 Å². The van der Waals surface area contributed by atoms with Crippen LogP contribution in [0.4, 0.5) is 0 Å². The second kappa shape index (κ2) is 8.91. The van der Waals surface area contributed by atoms with Crippen LogP contribution in [0.3, 0.4) is 0 Å². The summed E-state index contributed by atoms with van der Waals surface area (Å²) in [5.74, 6) is -0.0598. The summed E-state index contributed by atoms with van der Waals surface area (Å²) in [7, 11) is 0. The molecule has 0 saturated carbocycles. The molecule has 0 fully saturated rings. The maximum Gasteiger partial charge on any atom is 0.236 e. The lowest BCUT2D eigenvalue weighted by molar-refractivity contribution is -0.122. The molecule has 0 aliphatic heterocycles. The number of carbonyl (C=O) groups is 1. The van der Waals surface area contributed by atoms with Gasteiger partial charge in [0.1, 0.15) is 0 Å². The smallest absolute Gasteiger partial charge is 0.236 e. The van der Waals surface area contributed by atoms with Gasteiger partial charge in [0.25, 0.3) is 0 Å². The van der Waals surface area contributed by atoms with Crippen molar-refractivity contribution in [3.05, 3.63) is 35.9 Å². The van der Waals surface area contributed by atoms with Crippen molar-refractivity contribution in [3.63, 3.8) is 0 Å². The topological polar surface area (TPSA) is 75.3 Å². The SMILES string of the molecule is CC(O)CC(CNC(=O)[C@H](C)N)c1ccccc1.Cl. The van der Waals surface area contributed by atoms with Crippen molar-refractivity contribution >= 4 is 18.3 Å². The van der Waals surface area contributed by atoms with Crippen LogP contribution in [0.25, 0.3) is 0 Å². The first-order chi connectivity index (χ1) is 8.50. The summed E-state index contributed by atoms with van der Waals surface area (Å²) in [6.07, 6.45) is 0.214. The van der Waals surface area contributed by atoms with Crippen LogP contribution in [-0.4, -0.2) is 29.7 Å². The van der Waals surface area contributed by atoms with Crippen LogP contribution in [0.15, 0.2) is 30.3 Å². The van der Waals surface area contributed by atoms with Gasteiger partial charge in [0.05, 0.1) is 12.1 Å². The van der Waals surface area contributed by atoms with Gasteiger partial charge in [0.15, 0.2) is 0 Å². The number of nitrogens with one attached hydrogen (secondary N) is 1. The molecule has 0 aromatic heterocycles. The van der Waals surface area contributed by atoms with E-state index in [1.54, 1.807) is 13.8 Å². The number of amides is 1. The van der Waals surface area contributed by atoms with Crippen LogP contribution in [0.2, 0.25) is 0 Å². The zero-order valence-electron chi connectivity index (χ0n) is 11.4. The van der Waals surface area contributed by atoms with E-state index < -0.39 is 12.1 Å². The average molecular weight is 287 g/mol. The molecule has 1 aromatic carbocycles. The molecule has 1 amide bonds. The van der Waals surface area contributed by atoms with E-state index in [4.69, 9.17) is 5.73 Å². The fourth-order valence-corrected chi connectivity index (χ4v) is 1.86. The van der Waals surface area contributed by atoms with Crippen LogP contribution in [0.1, 0.15) is 31.7 Å². The average Bonchev–Trinajstić information content (AvgIpc) is 2.34. The molecule has 4 nitrogen and oxygen atoms in total. The highest BCUT2D eigenvalue weighted by molar-refractivity contribution is 5.85. The number of halogens is 1. The number of carbonyl (C=O) groups excluding carboxylic acids is 1. The molecule has 0 aliphatic rings. The van der Waals surface area contributed by atoms with E-state index in [1.807, 2.05) is 30.3 Å². The first-order valence-electron chi connectivity index (χ1n) is 6.27. The first-order valence-corrected chi connectivity index (χ1v) is 6.27. The van der Waals surface area contributed by atoms with E-state index in [1.165, 1.54) is 0 Å². The molecule has 0 heterocycles. The second-order valence-corrected chi connectivity index (χ2v) is 4.73. The minimum Gasteiger partial charge on any atom is -0.393 e. The molecule has 108 valence electrons. The zero-order valence-corrected chi connectivity index (χ0v) is 12.2. The molecule has 1 rings (SSSR count). The third-order valence-corrected chi connectivity index (χ3v) is 2.83. The van der Waals surface area contributed by atoms with E-state index in [2.05, 4.69) is 5.32 Å². The second-order valence-electron chi connectivity index (χ2n) is 4.73. The minimum absolute atomic E-state index is 0. The fraction of sp³-hybridized carbons (Fsp3) is 0.500. The predicted octanol–water partition coefficient (Wildman–Crippen LogP) is 1.43. The Bertz CT molecular complexity index is 369. The van der Waals surface area contributed by atoms with Crippen molar-refractivity contribution in [2.45, 2.75) is 38.3 Å². The van der Waals surface area contributed by atoms with E-state index in [0.29, 0.717) is 13.0 Å². The summed E-state index contributed by atoms with van der Waals surface area (Å²) in [5, 5.41) is 12.3. The number of nitrogens with two attached hydrogens (primary N) is 1. The van der Waals surface area contributed by atoms with Gasteiger partial charge in [-0.3, -0.25) is 4.79 Å². The molecule has 0 aliphatic carbocycles. The quantitative estimate of drug-likeness (QED) is 0.740. The lowest BCUT2D eigenvalue weighted by atomic mass is 9.93. The number of aliphatic hydroxyl groups is 1. The van der Waals surface area contributed by atoms with Gasteiger partial charge in [0.2, 0.25) is 5.91 Å². The van der Waals surface area contributed by atoms with Crippen molar-refractivity contribution in [3.8, 4) is 0 Å². The van der Waals surface area contributed by atoms with Crippen LogP contribution in [0, 0.1) is 0 Å². The summed E-state index contributed by atoms with van der Waals surface area (Å²) in [5.41, 5.74) is 6.61. The van der Waals surface area contributed by atoms with Crippen LogP contribution >= 0.6 is 12.4 Å². The van der Waals surface area contributed by atoms with Gasteiger partial charge in [0, 0.05) is 12.5 Å². The van der Waals surface area contributed by atoms with Crippen LogP contribution in [0.5, 0.6) is 0 Å². The molecule has 0 spiro atoms. The molecule has 0 bridgehead atoms. The molecule has 1 aromatic rings. The van der Waals surface area contributed by atoms with Crippen molar-refractivity contribution in [1.82, 2.24) is 5.32 Å². The van der Waals surface area contributed by atoms with Gasteiger partial charge in [-0.2, -0.15) is 0 Å². The van der Waals surface area contributed by atoms with Gasteiger partial charge in [-0.25, -0.2) is 0 Å². The minimum atomic E-state index is -0.507. The summed E-state index contributed by atoms with van der Waals surface area (Å²) in [6.45, 7) is 3.90. The Morgan fingerprint density at radius 1 is 1.32 bits per heavy atom. The number of hydrogen-bond acceptors (Lipinski definition) is 3. The summed E-state index contributed by atoms with van der Waals surface area (Å²) in [6, 6.07) is 9.36. The molecule has 0 saturated heterocycles. The summed E-state index contributed by atoms with van der Waals surface area (Å²) < 4.78 is 0. The molecule has 19 heavy (non-hydrogen) atoms. The Kier molecular flexibility index (Phi) is 8.39. The maximum absolute atomic E-state index is 11.5. The van der Waals surface area contributed by atoms with Crippen molar-refractivity contribution in [2.24, 2.45) is 5.73 Å². The predicted molar refractivity (Wildman–Crippen MR) is 79.4 cm³/mol. The Morgan fingerprint density at radius 2 is 1.89 bits per heavy atom. The van der Waals surface area contributed by atoms with Gasteiger partial charge >= 0.3 is 0 Å². The van der Waals surface area contributed by atoms with Crippen molar-refractivity contribution in [2.75, 3.05) is 6.54 Å². The molecular weight excluding hydrogens is 264 g/mol. The normalized spacial score (nSPS) is 14.9. The van der Waals surface area contributed by atoms with Gasteiger partial charge in [-0.15, -0.1) is 12.4 Å². The molecule has 5 heteroatoms. The maximum atomic E-state index is 11.5. The fourth-order valence-electron chi connectivity index (χ4n) is 1.86. The third-order valence-electron chi connectivity index (χ3n) is 2.83. The molecule has 4 N–H and O–H groups in total. The number of rotatable bonds is 6. The summed E-state index contributed by atoms with van der Waals surface area (Å²) >= 11 is 0. The molecule has 0 radical (unpaired) electrons.